The van der Waals surface area contributed by atoms with Crippen molar-refractivity contribution in [3.8, 4) is 0 Å². The predicted molar refractivity (Wildman–Crippen MR) is 106 cm³/mol. The Hall–Kier alpha value is -3.02. The van der Waals surface area contributed by atoms with Crippen LogP contribution in [-0.2, 0) is 20.7 Å². The summed E-state index contributed by atoms with van der Waals surface area (Å²) in [5.74, 6) is -1.50. The van der Waals surface area contributed by atoms with E-state index in [9.17, 15) is 30.0 Å². The van der Waals surface area contributed by atoms with Gasteiger partial charge in [0, 0.05) is 12.0 Å². The standard InChI is InChI=1S/C21H22N2O8/c22-21(29)23-12-7-3-1-5-10(12)9-14(11-6-2-4-8-13(11)23)30-20-17(26)15(24)16(25)18(31-20)19(27)28/h1-8,14-18,20,24-26H,9H2,(H2,22,29)(H,27,28)/t14-,15-,16-,17-,18-,20+/m0/s1. The van der Waals surface area contributed by atoms with Crippen LogP contribution in [0, 0.1) is 0 Å². The lowest BCUT2D eigenvalue weighted by atomic mass is 9.98. The number of hydrogen-bond donors (Lipinski definition) is 5. The van der Waals surface area contributed by atoms with Crippen LogP contribution in [0.5, 0.6) is 0 Å². The number of amides is 2. The normalized spacial score (nSPS) is 30.1. The summed E-state index contributed by atoms with van der Waals surface area (Å²) in [7, 11) is 0. The lowest BCUT2D eigenvalue weighted by Gasteiger charge is -2.39. The van der Waals surface area contributed by atoms with Crippen molar-refractivity contribution in [2.24, 2.45) is 5.73 Å². The van der Waals surface area contributed by atoms with Crippen molar-refractivity contribution in [2.45, 2.75) is 43.2 Å². The summed E-state index contributed by atoms with van der Waals surface area (Å²) in [6.45, 7) is 0. The number of aliphatic hydroxyl groups is 3. The van der Waals surface area contributed by atoms with Gasteiger partial charge in [-0.05, 0) is 17.7 Å². The summed E-state index contributed by atoms with van der Waals surface area (Å²) < 4.78 is 11.2. The fourth-order valence-corrected chi connectivity index (χ4v) is 3.99. The van der Waals surface area contributed by atoms with E-state index in [0.29, 0.717) is 16.9 Å². The first-order valence-corrected chi connectivity index (χ1v) is 9.64. The minimum absolute atomic E-state index is 0.250. The van der Waals surface area contributed by atoms with Gasteiger partial charge in [0.15, 0.2) is 12.4 Å². The van der Waals surface area contributed by atoms with E-state index in [1.165, 1.54) is 4.90 Å². The van der Waals surface area contributed by atoms with E-state index in [-0.39, 0.29) is 6.42 Å². The lowest BCUT2D eigenvalue weighted by molar-refractivity contribution is -0.305. The number of nitrogens with zero attached hydrogens (tertiary/aromatic N) is 1. The first-order chi connectivity index (χ1) is 14.8. The maximum absolute atomic E-state index is 12.3. The van der Waals surface area contributed by atoms with Gasteiger partial charge in [0.25, 0.3) is 0 Å². The van der Waals surface area contributed by atoms with E-state index in [1.54, 1.807) is 48.5 Å². The van der Waals surface area contributed by atoms with Gasteiger partial charge in [-0.25, -0.2) is 9.59 Å². The Bertz CT molecular complexity index is 999. The second-order valence-electron chi connectivity index (χ2n) is 7.43. The number of ether oxygens (including phenoxy) is 2. The minimum atomic E-state index is -1.82. The molecule has 0 saturated carbocycles. The number of hydrogen-bond acceptors (Lipinski definition) is 7. The van der Waals surface area contributed by atoms with Crippen molar-refractivity contribution >= 4 is 23.4 Å². The molecule has 2 aromatic carbocycles. The molecule has 2 amide bonds. The van der Waals surface area contributed by atoms with Gasteiger partial charge in [-0.3, -0.25) is 4.90 Å². The van der Waals surface area contributed by atoms with E-state index in [0.717, 1.165) is 5.56 Å². The molecule has 0 aromatic heterocycles. The molecule has 31 heavy (non-hydrogen) atoms. The van der Waals surface area contributed by atoms with Crippen LogP contribution in [0.3, 0.4) is 0 Å². The zero-order chi connectivity index (χ0) is 22.3. The summed E-state index contributed by atoms with van der Waals surface area (Å²) in [5, 5.41) is 39.6. The van der Waals surface area contributed by atoms with E-state index < -0.39 is 48.8 Å². The number of nitrogens with two attached hydrogens (primary N) is 1. The number of benzene rings is 2. The van der Waals surface area contributed by atoms with Crippen molar-refractivity contribution in [3.05, 3.63) is 59.7 Å². The van der Waals surface area contributed by atoms with Gasteiger partial charge >= 0.3 is 12.0 Å². The predicted octanol–water partition coefficient (Wildman–Crippen LogP) is 0.409. The average Bonchev–Trinajstić information content (AvgIpc) is 2.88. The zero-order valence-corrected chi connectivity index (χ0v) is 16.2. The molecule has 10 heteroatoms. The fraction of sp³-hybridized carbons (Fsp3) is 0.333. The number of para-hydroxylation sites is 2. The molecule has 2 aromatic rings. The van der Waals surface area contributed by atoms with Crippen LogP contribution in [0.2, 0.25) is 0 Å². The third-order valence-electron chi connectivity index (χ3n) is 5.49. The van der Waals surface area contributed by atoms with Crippen LogP contribution >= 0.6 is 0 Å². The van der Waals surface area contributed by atoms with Crippen molar-refractivity contribution < 1.29 is 39.5 Å². The van der Waals surface area contributed by atoms with Gasteiger partial charge in [-0.15, -0.1) is 0 Å². The van der Waals surface area contributed by atoms with E-state index in [1.807, 2.05) is 0 Å². The highest BCUT2D eigenvalue weighted by Gasteiger charge is 2.48. The molecule has 1 saturated heterocycles. The highest BCUT2D eigenvalue weighted by atomic mass is 16.7. The van der Waals surface area contributed by atoms with E-state index in [4.69, 9.17) is 15.2 Å². The number of primary amides is 1. The number of aliphatic hydroxyl groups excluding tert-OH is 3. The summed E-state index contributed by atoms with van der Waals surface area (Å²) in [5.41, 5.74) is 7.97. The number of carboxylic acids is 1. The van der Waals surface area contributed by atoms with Crippen LogP contribution in [-0.4, -0.2) is 63.1 Å². The first kappa shape index (κ1) is 21.2. The second-order valence-corrected chi connectivity index (χ2v) is 7.43. The Balaban J connectivity index is 1.74. The highest BCUT2D eigenvalue weighted by Crippen LogP contribution is 2.42. The molecule has 4 rings (SSSR count). The minimum Gasteiger partial charge on any atom is -0.479 e. The van der Waals surface area contributed by atoms with Gasteiger partial charge in [-0.1, -0.05) is 36.4 Å². The highest BCUT2D eigenvalue weighted by molar-refractivity contribution is 6.00. The Kier molecular flexibility index (Phi) is 5.65. The largest absolute Gasteiger partial charge is 0.479 e. The molecule has 0 unspecified atom stereocenters. The van der Waals surface area contributed by atoms with Crippen molar-refractivity contribution in [1.82, 2.24) is 0 Å². The number of urea groups is 1. The second kappa shape index (κ2) is 8.25. The Morgan fingerprint density at radius 1 is 0.968 bits per heavy atom. The molecule has 2 aliphatic heterocycles. The van der Waals surface area contributed by atoms with E-state index >= 15 is 0 Å². The van der Waals surface area contributed by atoms with Gasteiger partial charge < -0.3 is 35.6 Å². The molecule has 10 nitrogen and oxygen atoms in total. The van der Waals surface area contributed by atoms with Gasteiger partial charge in [0.05, 0.1) is 17.5 Å². The van der Waals surface area contributed by atoms with Crippen molar-refractivity contribution in [2.75, 3.05) is 4.90 Å². The van der Waals surface area contributed by atoms with Crippen LogP contribution in [0.25, 0.3) is 0 Å². The van der Waals surface area contributed by atoms with Gasteiger partial charge in [0.1, 0.15) is 18.3 Å². The lowest BCUT2D eigenvalue weighted by Crippen LogP contribution is -2.60. The molecule has 164 valence electrons. The molecule has 2 heterocycles. The number of carbonyl (C=O) groups is 2. The Morgan fingerprint density at radius 3 is 2.29 bits per heavy atom. The van der Waals surface area contributed by atoms with E-state index in [2.05, 4.69) is 0 Å². The molecule has 2 aliphatic rings. The summed E-state index contributed by atoms with van der Waals surface area (Å²) in [6.07, 6.45) is -9.14. The molecule has 0 aliphatic carbocycles. The van der Waals surface area contributed by atoms with Gasteiger partial charge in [-0.2, -0.15) is 0 Å². The average molecular weight is 430 g/mol. The van der Waals surface area contributed by atoms with Crippen molar-refractivity contribution in [3.63, 3.8) is 0 Å². The van der Waals surface area contributed by atoms with Crippen LogP contribution in [0.4, 0.5) is 16.2 Å². The number of carboxylic acid groups (broad SMARTS) is 1. The molecular weight excluding hydrogens is 408 g/mol. The summed E-state index contributed by atoms with van der Waals surface area (Å²) in [4.78, 5) is 25.0. The molecule has 0 spiro atoms. The first-order valence-electron chi connectivity index (χ1n) is 9.64. The van der Waals surface area contributed by atoms with Crippen LogP contribution in [0.15, 0.2) is 48.5 Å². The maximum atomic E-state index is 12.3. The molecule has 0 bridgehead atoms. The molecule has 1 fully saturated rings. The molecule has 6 atom stereocenters. The monoisotopic (exact) mass is 430 g/mol. The topological polar surface area (TPSA) is 163 Å². The third kappa shape index (κ3) is 3.75. The number of carbonyl (C=O) groups excluding carboxylic acids is 1. The van der Waals surface area contributed by atoms with Crippen LogP contribution < -0.4 is 10.6 Å². The van der Waals surface area contributed by atoms with Crippen molar-refractivity contribution in [1.29, 1.82) is 0 Å². The number of fused-ring (bicyclic) bond motifs is 2. The maximum Gasteiger partial charge on any atom is 0.335 e. The number of anilines is 2. The van der Waals surface area contributed by atoms with Gasteiger partial charge in [0.2, 0.25) is 0 Å². The number of aliphatic carboxylic acids is 1. The molecule has 0 radical (unpaired) electrons. The molecule has 6 N–H and O–H groups in total. The summed E-state index contributed by atoms with van der Waals surface area (Å²) >= 11 is 0. The smallest absolute Gasteiger partial charge is 0.335 e. The Labute approximate surface area is 177 Å². The zero-order valence-electron chi connectivity index (χ0n) is 16.2. The fourth-order valence-electron chi connectivity index (χ4n) is 3.99. The SMILES string of the molecule is NC(=O)N1c2ccccc2C[C@H](O[C@@H]2O[C@H](C(=O)O)[C@@H](O)[C@H](O)[C@@H]2O)c2ccccc21. The summed E-state index contributed by atoms with van der Waals surface area (Å²) in [6, 6.07) is 13.3. The molecular formula is C21H22N2O8. The van der Waals surface area contributed by atoms with Crippen LogP contribution in [0.1, 0.15) is 17.2 Å². The Morgan fingerprint density at radius 2 is 1.61 bits per heavy atom. The third-order valence-corrected chi connectivity index (χ3v) is 5.49. The quantitative estimate of drug-likeness (QED) is 0.467. The number of rotatable bonds is 3.